The average molecular weight is 157 g/mol. The number of hydrazine groups is 1. The van der Waals surface area contributed by atoms with Crippen molar-refractivity contribution in [3.05, 3.63) is 0 Å². The maximum Gasteiger partial charge on any atom is 0.329 e. The number of hydrogen-bond acceptors (Lipinski definition) is 2. The van der Waals surface area contributed by atoms with E-state index in [0.717, 1.165) is 6.42 Å². The van der Waals surface area contributed by atoms with E-state index in [0.29, 0.717) is 6.04 Å². The summed E-state index contributed by atoms with van der Waals surface area (Å²) in [6.07, 6.45) is 0.922. The van der Waals surface area contributed by atoms with Crippen LogP contribution >= 0.6 is 0 Å². The molecule has 0 saturated carbocycles. The van der Waals surface area contributed by atoms with Gasteiger partial charge in [0.25, 0.3) is 0 Å². The Hall–Kier alpha value is -0.770. The molecule has 0 bridgehead atoms. The van der Waals surface area contributed by atoms with Crippen LogP contribution in [0.1, 0.15) is 27.2 Å². The van der Waals surface area contributed by atoms with Crippen molar-refractivity contribution in [3.63, 3.8) is 0 Å². The molecule has 1 aliphatic rings. The Bertz CT molecular complexity index is 167. The second-order valence-corrected chi connectivity index (χ2v) is 3.71. The van der Waals surface area contributed by atoms with Crippen LogP contribution in [0.2, 0.25) is 0 Å². The van der Waals surface area contributed by atoms with Crippen LogP contribution in [0.3, 0.4) is 0 Å². The third kappa shape index (κ3) is 2.38. The van der Waals surface area contributed by atoms with Crippen molar-refractivity contribution in [2.45, 2.75) is 38.8 Å². The minimum Gasteiger partial charge on any atom is -0.332 e. The average Bonchev–Trinajstić information content (AvgIpc) is 1.89. The molecule has 1 heterocycles. The molecule has 0 aromatic carbocycles. The predicted octanol–water partition coefficient (Wildman–Crippen LogP) is 0.361. The van der Waals surface area contributed by atoms with Crippen molar-refractivity contribution in [1.82, 2.24) is 16.2 Å². The fourth-order valence-electron chi connectivity index (χ4n) is 1.39. The van der Waals surface area contributed by atoms with Crippen LogP contribution in [0.25, 0.3) is 0 Å². The smallest absolute Gasteiger partial charge is 0.329 e. The second kappa shape index (κ2) is 2.70. The Morgan fingerprint density at radius 2 is 2.18 bits per heavy atom. The van der Waals surface area contributed by atoms with Gasteiger partial charge in [-0.1, -0.05) is 0 Å². The molecule has 1 atom stereocenters. The molecular formula is C7H15N3O. The quantitative estimate of drug-likeness (QED) is 0.475. The van der Waals surface area contributed by atoms with Gasteiger partial charge in [0.15, 0.2) is 0 Å². The van der Waals surface area contributed by atoms with E-state index in [-0.39, 0.29) is 11.6 Å². The zero-order valence-electron chi connectivity index (χ0n) is 7.19. The van der Waals surface area contributed by atoms with Crippen LogP contribution < -0.4 is 16.2 Å². The Kier molecular flexibility index (Phi) is 2.04. The van der Waals surface area contributed by atoms with Gasteiger partial charge in [-0.05, 0) is 27.2 Å². The van der Waals surface area contributed by atoms with E-state index in [4.69, 9.17) is 0 Å². The van der Waals surface area contributed by atoms with E-state index in [1.54, 1.807) is 0 Å². The molecule has 0 radical (unpaired) electrons. The lowest BCUT2D eigenvalue weighted by Crippen LogP contribution is -2.47. The molecule has 0 spiro atoms. The fraction of sp³-hybridized carbons (Fsp3) is 0.857. The Morgan fingerprint density at radius 3 is 2.82 bits per heavy atom. The van der Waals surface area contributed by atoms with Crippen molar-refractivity contribution in [3.8, 4) is 0 Å². The number of amides is 2. The lowest BCUT2D eigenvalue weighted by Gasteiger charge is -2.24. The highest BCUT2D eigenvalue weighted by Crippen LogP contribution is 2.12. The highest BCUT2D eigenvalue weighted by molar-refractivity contribution is 5.74. The first-order valence-corrected chi connectivity index (χ1v) is 3.83. The number of urea groups is 1. The fourth-order valence-corrected chi connectivity index (χ4v) is 1.39. The molecule has 4 nitrogen and oxygen atoms in total. The molecule has 1 aliphatic heterocycles. The first-order chi connectivity index (χ1) is 4.99. The van der Waals surface area contributed by atoms with Gasteiger partial charge in [-0.2, -0.15) is 0 Å². The standard InChI is InChI=1S/C7H15N3O/c1-5-4-7(2,3)8-6(11)10-9-5/h5,9H,4H2,1-3H3,(H2,8,10,11)/t5-/m1/s1. The Labute approximate surface area is 66.7 Å². The maximum absolute atomic E-state index is 11.0. The van der Waals surface area contributed by atoms with E-state index in [1.807, 2.05) is 20.8 Å². The number of hydrogen-bond donors (Lipinski definition) is 3. The number of carbonyl (C=O) groups is 1. The van der Waals surface area contributed by atoms with Gasteiger partial charge in [0.2, 0.25) is 0 Å². The van der Waals surface area contributed by atoms with Crippen molar-refractivity contribution >= 4 is 6.03 Å². The van der Waals surface area contributed by atoms with Gasteiger partial charge in [-0.3, -0.25) is 5.43 Å². The molecule has 64 valence electrons. The molecule has 0 aliphatic carbocycles. The van der Waals surface area contributed by atoms with E-state index < -0.39 is 0 Å². The normalized spacial score (nSPS) is 30.1. The SMILES string of the molecule is C[C@@H]1CC(C)(C)NC(=O)NN1. The molecule has 11 heavy (non-hydrogen) atoms. The summed E-state index contributed by atoms with van der Waals surface area (Å²) in [7, 11) is 0. The molecule has 1 fully saturated rings. The van der Waals surface area contributed by atoms with Crippen molar-refractivity contribution in [2.24, 2.45) is 0 Å². The molecule has 4 heteroatoms. The van der Waals surface area contributed by atoms with E-state index >= 15 is 0 Å². The highest BCUT2D eigenvalue weighted by atomic mass is 16.2. The molecular weight excluding hydrogens is 142 g/mol. The molecule has 3 N–H and O–H groups in total. The third-order valence-electron chi connectivity index (χ3n) is 1.70. The van der Waals surface area contributed by atoms with Crippen LogP contribution in [0.15, 0.2) is 0 Å². The summed E-state index contributed by atoms with van der Waals surface area (Å²) >= 11 is 0. The summed E-state index contributed by atoms with van der Waals surface area (Å²) in [6, 6.07) is 0.156. The number of carbonyl (C=O) groups excluding carboxylic acids is 1. The molecule has 2 amide bonds. The van der Waals surface area contributed by atoms with Crippen molar-refractivity contribution in [1.29, 1.82) is 0 Å². The summed E-state index contributed by atoms with van der Waals surface area (Å²) < 4.78 is 0. The van der Waals surface area contributed by atoms with Gasteiger partial charge in [0.1, 0.15) is 0 Å². The van der Waals surface area contributed by atoms with Crippen LogP contribution in [0, 0.1) is 0 Å². The summed E-state index contributed by atoms with van der Waals surface area (Å²) in [6.45, 7) is 6.06. The van der Waals surface area contributed by atoms with Gasteiger partial charge >= 0.3 is 6.03 Å². The lowest BCUT2D eigenvalue weighted by atomic mass is 9.97. The predicted molar refractivity (Wildman–Crippen MR) is 43.0 cm³/mol. The van der Waals surface area contributed by atoms with Crippen LogP contribution in [-0.4, -0.2) is 17.6 Å². The summed E-state index contributed by atoms with van der Waals surface area (Å²) in [4.78, 5) is 11.0. The first kappa shape index (κ1) is 8.33. The van der Waals surface area contributed by atoms with Gasteiger partial charge < -0.3 is 5.32 Å². The van der Waals surface area contributed by atoms with E-state index in [2.05, 4.69) is 16.2 Å². The molecule has 0 aromatic rings. The van der Waals surface area contributed by atoms with E-state index in [9.17, 15) is 4.79 Å². The van der Waals surface area contributed by atoms with Crippen LogP contribution in [0.5, 0.6) is 0 Å². The minimum absolute atomic E-state index is 0.118. The Morgan fingerprint density at radius 1 is 1.55 bits per heavy atom. The summed E-state index contributed by atoms with van der Waals surface area (Å²) in [5.41, 5.74) is 5.32. The third-order valence-corrected chi connectivity index (χ3v) is 1.70. The first-order valence-electron chi connectivity index (χ1n) is 3.83. The van der Waals surface area contributed by atoms with Crippen molar-refractivity contribution < 1.29 is 4.79 Å². The summed E-state index contributed by atoms with van der Waals surface area (Å²) in [5, 5.41) is 2.84. The van der Waals surface area contributed by atoms with E-state index in [1.165, 1.54) is 0 Å². The zero-order valence-corrected chi connectivity index (χ0v) is 7.19. The zero-order chi connectivity index (χ0) is 8.48. The van der Waals surface area contributed by atoms with Gasteiger partial charge in [0, 0.05) is 11.6 Å². The number of nitrogens with one attached hydrogen (secondary N) is 3. The highest BCUT2D eigenvalue weighted by Gasteiger charge is 2.26. The largest absolute Gasteiger partial charge is 0.332 e. The number of rotatable bonds is 0. The van der Waals surface area contributed by atoms with Crippen LogP contribution in [0.4, 0.5) is 4.79 Å². The Balaban J connectivity index is 2.63. The molecule has 1 rings (SSSR count). The second-order valence-electron chi connectivity index (χ2n) is 3.71. The monoisotopic (exact) mass is 157 g/mol. The molecule has 1 saturated heterocycles. The van der Waals surface area contributed by atoms with Crippen molar-refractivity contribution in [2.75, 3.05) is 0 Å². The molecule has 0 aromatic heterocycles. The van der Waals surface area contributed by atoms with Gasteiger partial charge in [0.05, 0.1) is 0 Å². The lowest BCUT2D eigenvalue weighted by molar-refractivity contribution is 0.232. The molecule has 0 unspecified atom stereocenters. The summed E-state index contributed by atoms with van der Waals surface area (Å²) in [5.74, 6) is 0. The minimum atomic E-state index is -0.153. The van der Waals surface area contributed by atoms with Gasteiger partial charge in [-0.15, -0.1) is 0 Å². The van der Waals surface area contributed by atoms with Gasteiger partial charge in [-0.25, -0.2) is 10.2 Å². The maximum atomic E-state index is 11.0. The topological polar surface area (TPSA) is 53.2 Å². The van der Waals surface area contributed by atoms with Crippen LogP contribution in [-0.2, 0) is 0 Å².